The minimum atomic E-state index is -0.242. The van der Waals surface area contributed by atoms with Crippen LogP contribution in [0.5, 0.6) is 0 Å². The molecule has 1 N–H and O–H groups in total. The Morgan fingerprint density at radius 2 is 2.29 bits per heavy atom. The molecule has 0 unspecified atom stereocenters. The number of hydrogen-bond donors (Lipinski definition) is 1. The van der Waals surface area contributed by atoms with Crippen molar-refractivity contribution in [3.05, 3.63) is 39.4 Å². The van der Waals surface area contributed by atoms with E-state index in [9.17, 15) is 9.59 Å². The lowest BCUT2D eigenvalue weighted by Gasteiger charge is -2.29. The Morgan fingerprint density at radius 3 is 3.00 bits per heavy atom. The SMILES string of the molecule is Cc1ccsc1C(=O)N1C[C@@H]2[C@H](CNC(=O)c3cnoc3C)[C@H]3CC[C@]2(C1)O3. The van der Waals surface area contributed by atoms with Gasteiger partial charge in [0.15, 0.2) is 0 Å². The van der Waals surface area contributed by atoms with Crippen LogP contribution in [0.4, 0.5) is 0 Å². The van der Waals surface area contributed by atoms with E-state index < -0.39 is 0 Å². The number of nitrogens with zero attached hydrogens (tertiary/aromatic N) is 2. The van der Waals surface area contributed by atoms with Crippen molar-refractivity contribution in [2.24, 2.45) is 11.8 Å². The first-order valence-electron chi connectivity index (χ1n) is 9.69. The molecule has 8 heteroatoms. The third-order valence-electron chi connectivity index (χ3n) is 6.62. The molecular weight excluding hydrogens is 378 g/mol. The number of carbonyl (C=O) groups is 2. The molecule has 0 saturated carbocycles. The maximum atomic E-state index is 13.0. The Labute approximate surface area is 167 Å². The third-order valence-corrected chi connectivity index (χ3v) is 7.63. The fraction of sp³-hybridized carbons (Fsp3) is 0.550. The van der Waals surface area contributed by atoms with Crippen molar-refractivity contribution in [1.29, 1.82) is 0 Å². The standard InChI is InChI=1S/C20H23N3O4S/c1-11-4-6-28-17(11)19(25)23-9-15-14(16-3-5-20(15,10-23)26-16)7-21-18(24)13-8-22-27-12(13)2/h4,6,8,14-16H,3,5,7,9-10H2,1-2H3,(H,21,24)/t14-,15+,16+,20+/m0/s1. The number of aromatic nitrogens is 1. The summed E-state index contributed by atoms with van der Waals surface area (Å²) in [7, 11) is 0. The molecule has 2 amide bonds. The second-order valence-electron chi connectivity index (χ2n) is 8.15. The molecule has 3 aliphatic rings. The summed E-state index contributed by atoms with van der Waals surface area (Å²) in [6.45, 7) is 5.59. The molecular formula is C20H23N3O4S. The first-order chi connectivity index (χ1) is 13.5. The summed E-state index contributed by atoms with van der Waals surface area (Å²) in [5.74, 6) is 0.934. The highest BCUT2D eigenvalue weighted by molar-refractivity contribution is 7.12. The Morgan fingerprint density at radius 1 is 1.43 bits per heavy atom. The molecule has 3 aliphatic heterocycles. The molecule has 5 heterocycles. The normalized spacial score (nSPS) is 30.6. The lowest BCUT2D eigenvalue weighted by molar-refractivity contribution is 0.00321. The second kappa shape index (κ2) is 6.42. The van der Waals surface area contributed by atoms with E-state index in [2.05, 4.69) is 10.5 Å². The summed E-state index contributed by atoms with van der Waals surface area (Å²) < 4.78 is 11.4. The van der Waals surface area contributed by atoms with E-state index in [1.165, 1.54) is 17.5 Å². The monoisotopic (exact) mass is 401 g/mol. The van der Waals surface area contributed by atoms with E-state index in [4.69, 9.17) is 9.26 Å². The number of aryl methyl sites for hydroxylation is 2. The van der Waals surface area contributed by atoms with Gasteiger partial charge in [0, 0.05) is 24.9 Å². The van der Waals surface area contributed by atoms with Gasteiger partial charge < -0.3 is 19.5 Å². The molecule has 0 aromatic carbocycles. The molecule has 2 aromatic rings. The van der Waals surface area contributed by atoms with Crippen molar-refractivity contribution in [2.75, 3.05) is 19.6 Å². The minimum Gasteiger partial charge on any atom is -0.369 e. The molecule has 2 bridgehead atoms. The molecule has 0 aliphatic carbocycles. The Hall–Kier alpha value is -2.19. The number of thiophene rings is 1. The first-order valence-corrected chi connectivity index (χ1v) is 10.6. The third kappa shape index (κ3) is 2.62. The molecule has 3 saturated heterocycles. The molecule has 5 rings (SSSR count). The number of carbonyl (C=O) groups excluding carboxylic acids is 2. The molecule has 3 fully saturated rings. The molecule has 1 spiro atoms. The van der Waals surface area contributed by atoms with Gasteiger partial charge in [0.2, 0.25) is 0 Å². The van der Waals surface area contributed by atoms with Crippen molar-refractivity contribution in [3.8, 4) is 0 Å². The largest absolute Gasteiger partial charge is 0.369 e. The number of nitrogens with one attached hydrogen (secondary N) is 1. The van der Waals surface area contributed by atoms with Crippen LogP contribution in [0.1, 0.15) is 44.2 Å². The number of amides is 2. The van der Waals surface area contributed by atoms with Gasteiger partial charge in [-0.3, -0.25) is 9.59 Å². The Kier molecular flexibility index (Phi) is 4.10. The average molecular weight is 401 g/mol. The quantitative estimate of drug-likeness (QED) is 0.850. The van der Waals surface area contributed by atoms with E-state index in [1.54, 1.807) is 6.92 Å². The molecule has 2 aromatic heterocycles. The fourth-order valence-electron chi connectivity index (χ4n) is 5.18. The highest BCUT2D eigenvalue weighted by Crippen LogP contribution is 2.54. The van der Waals surface area contributed by atoms with E-state index >= 15 is 0 Å². The summed E-state index contributed by atoms with van der Waals surface area (Å²) in [5, 5.41) is 8.66. The summed E-state index contributed by atoms with van der Waals surface area (Å²) in [6, 6.07) is 1.99. The van der Waals surface area contributed by atoms with Crippen LogP contribution >= 0.6 is 11.3 Å². The predicted molar refractivity (Wildman–Crippen MR) is 102 cm³/mol. The lowest BCUT2D eigenvalue weighted by atomic mass is 9.73. The van der Waals surface area contributed by atoms with E-state index in [0.717, 1.165) is 23.3 Å². The lowest BCUT2D eigenvalue weighted by Crippen LogP contribution is -2.41. The topological polar surface area (TPSA) is 84.7 Å². The molecule has 148 valence electrons. The van der Waals surface area contributed by atoms with Gasteiger partial charge in [-0.1, -0.05) is 5.16 Å². The van der Waals surface area contributed by atoms with Gasteiger partial charge >= 0.3 is 0 Å². The van der Waals surface area contributed by atoms with Gasteiger partial charge in [0.1, 0.15) is 11.3 Å². The summed E-state index contributed by atoms with van der Waals surface area (Å²) in [4.78, 5) is 28.2. The predicted octanol–water partition coefficient (Wildman–Crippen LogP) is 2.40. The fourth-order valence-corrected chi connectivity index (χ4v) is 6.07. The van der Waals surface area contributed by atoms with E-state index in [-0.39, 0.29) is 35.4 Å². The van der Waals surface area contributed by atoms with Crippen LogP contribution in [-0.4, -0.2) is 53.2 Å². The van der Waals surface area contributed by atoms with Crippen molar-refractivity contribution < 1.29 is 18.8 Å². The van der Waals surface area contributed by atoms with Crippen molar-refractivity contribution in [1.82, 2.24) is 15.4 Å². The van der Waals surface area contributed by atoms with Gasteiger partial charge in [0.25, 0.3) is 11.8 Å². The average Bonchev–Trinajstić information content (AvgIpc) is 3.46. The number of ether oxygens (including phenoxy) is 1. The van der Waals surface area contributed by atoms with Crippen LogP contribution in [0.3, 0.4) is 0 Å². The zero-order chi connectivity index (χ0) is 19.5. The number of hydrogen-bond acceptors (Lipinski definition) is 6. The van der Waals surface area contributed by atoms with Gasteiger partial charge in [-0.05, 0) is 43.7 Å². The van der Waals surface area contributed by atoms with E-state index in [1.807, 2.05) is 23.3 Å². The van der Waals surface area contributed by atoms with Crippen LogP contribution in [0.2, 0.25) is 0 Å². The molecule has 4 atom stereocenters. The first kappa shape index (κ1) is 17.9. The Balaban J connectivity index is 1.30. The molecule has 7 nitrogen and oxygen atoms in total. The highest BCUT2D eigenvalue weighted by Gasteiger charge is 2.63. The van der Waals surface area contributed by atoms with E-state index in [0.29, 0.717) is 31.0 Å². The maximum absolute atomic E-state index is 13.0. The zero-order valence-electron chi connectivity index (χ0n) is 15.9. The van der Waals surface area contributed by atoms with Gasteiger partial charge in [-0.25, -0.2) is 0 Å². The summed E-state index contributed by atoms with van der Waals surface area (Å²) in [5.41, 5.74) is 1.26. The second-order valence-corrected chi connectivity index (χ2v) is 9.07. The highest BCUT2D eigenvalue weighted by atomic mass is 32.1. The smallest absolute Gasteiger partial charge is 0.264 e. The van der Waals surface area contributed by atoms with Crippen molar-refractivity contribution in [2.45, 2.75) is 38.4 Å². The number of rotatable bonds is 4. The summed E-state index contributed by atoms with van der Waals surface area (Å²) in [6.07, 6.45) is 3.59. The van der Waals surface area contributed by atoms with Crippen molar-refractivity contribution >= 4 is 23.2 Å². The van der Waals surface area contributed by atoms with Crippen LogP contribution in [0.25, 0.3) is 0 Å². The van der Waals surface area contributed by atoms with Gasteiger partial charge in [0.05, 0.1) is 29.3 Å². The molecule has 0 radical (unpaired) electrons. The number of fused-ring (bicyclic) bond motifs is 1. The van der Waals surface area contributed by atoms with Crippen molar-refractivity contribution in [3.63, 3.8) is 0 Å². The minimum absolute atomic E-state index is 0.103. The zero-order valence-corrected chi connectivity index (χ0v) is 16.8. The molecule has 28 heavy (non-hydrogen) atoms. The summed E-state index contributed by atoms with van der Waals surface area (Å²) >= 11 is 1.50. The van der Waals surface area contributed by atoms with Crippen LogP contribution in [-0.2, 0) is 4.74 Å². The Bertz CT molecular complexity index is 938. The van der Waals surface area contributed by atoms with Crippen LogP contribution in [0.15, 0.2) is 22.2 Å². The van der Waals surface area contributed by atoms with Crippen LogP contribution < -0.4 is 5.32 Å². The maximum Gasteiger partial charge on any atom is 0.264 e. The van der Waals surface area contributed by atoms with Crippen LogP contribution in [0, 0.1) is 25.7 Å². The number of likely N-dealkylation sites (tertiary alicyclic amines) is 1. The van der Waals surface area contributed by atoms with Gasteiger partial charge in [-0.15, -0.1) is 11.3 Å². The van der Waals surface area contributed by atoms with Gasteiger partial charge in [-0.2, -0.15) is 0 Å².